The van der Waals surface area contributed by atoms with E-state index in [9.17, 15) is 32.4 Å². The van der Waals surface area contributed by atoms with Gasteiger partial charge in [-0.2, -0.15) is 18.4 Å². The van der Waals surface area contributed by atoms with Crippen molar-refractivity contribution in [3.05, 3.63) is 135 Å². The Balaban J connectivity index is 1.62. The minimum absolute atomic E-state index is 0.0360. The molecule has 4 aromatic carbocycles. The zero-order valence-electron chi connectivity index (χ0n) is 24.9. The van der Waals surface area contributed by atoms with Crippen molar-refractivity contribution in [3.8, 4) is 17.5 Å². The summed E-state index contributed by atoms with van der Waals surface area (Å²) < 4.78 is 60.9. The van der Waals surface area contributed by atoms with Crippen LogP contribution in [0.15, 0.2) is 95.8 Å². The van der Waals surface area contributed by atoms with Crippen LogP contribution in [0.2, 0.25) is 0 Å². The molecule has 0 aliphatic heterocycles. The number of benzene rings is 4. The number of ether oxygens (including phenoxy) is 1. The number of rotatable bonds is 9. The smallest absolute Gasteiger partial charge is 0.419 e. The Morgan fingerprint density at radius 1 is 1.00 bits per heavy atom. The molecule has 0 fully saturated rings. The highest BCUT2D eigenvalue weighted by Gasteiger charge is 2.34. The van der Waals surface area contributed by atoms with Gasteiger partial charge >= 0.3 is 6.18 Å². The third-order valence-electron chi connectivity index (χ3n) is 7.47. The minimum Gasteiger partial charge on any atom is -0.494 e. The predicted molar refractivity (Wildman–Crippen MR) is 164 cm³/mol. The standard InChI is InChI=1S/C35H28F4N4O3/c1-3-46-27-14-12-26(13-15-27)43-33(41-31-10-5-4-9-28(31)34(43)45)22(2)42(21-25-8-6-7-24(17-25)20-40)32(44)19-23-11-16-29(30(36)18-23)35(37,38)39/h4-18,22H,3,19,21H2,1-2H3/t22-/m1/s1. The van der Waals surface area contributed by atoms with Gasteiger partial charge in [0.2, 0.25) is 5.91 Å². The van der Waals surface area contributed by atoms with E-state index in [-0.39, 0.29) is 23.5 Å². The number of hydrogen-bond donors (Lipinski definition) is 0. The van der Waals surface area contributed by atoms with Crippen LogP contribution in [-0.4, -0.2) is 27.0 Å². The molecule has 46 heavy (non-hydrogen) atoms. The molecule has 0 aliphatic carbocycles. The number of hydrogen-bond acceptors (Lipinski definition) is 5. The largest absolute Gasteiger partial charge is 0.494 e. The highest BCUT2D eigenvalue weighted by molar-refractivity contribution is 5.80. The second-order valence-electron chi connectivity index (χ2n) is 10.6. The predicted octanol–water partition coefficient (Wildman–Crippen LogP) is 7.15. The lowest BCUT2D eigenvalue weighted by molar-refractivity contribution is -0.140. The molecule has 7 nitrogen and oxygen atoms in total. The molecular weight excluding hydrogens is 600 g/mol. The fraction of sp³-hybridized carbons (Fsp3) is 0.200. The van der Waals surface area contributed by atoms with Gasteiger partial charge in [0.15, 0.2) is 0 Å². The van der Waals surface area contributed by atoms with Crippen LogP contribution in [0.1, 0.15) is 48.0 Å². The van der Waals surface area contributed by atoms with Crippen LogP contribution in [0.25, 0.3) is 16.6 Å². The van der Waals surface area contributed by atoms with Crippen LogP contribution in [0, 0.1) is 17.1 Å². The maximum Gasteiger partial charge on any atom is 0.419 e. The first-order valence-electron chi connectivity index (χ1n) is 14.4. The Morgan fingerprint density at radius 2 is 1.74 bits per heavy atom. The monoisotopic (exact) mass is 628 g/mol. The number of amides is 1. The zero-order valence-corrected chi connectivity index (χ0v) is 24.9. The summed E-state index contributed by atoms with van der Waals surface area (Å²) in [7, 11) is 0. The van der Waals surface area contributed by atoms with E-state index in [0.717, 1.165) is 6.07 Å². The Morgan fingerprint density at radius 3 is 2.41 bits per heavy atom. The molecule has 0 unspecified atom stereocenters. The molecule has 11 heteroatoms. The normalized spacial score (nSPS) is 12.0. The molecule has 0 aliphatic rings. The summed E-state index contributed by atoms with van der Waals surface area (Å²) in [5.74, 6) is -1.23. The van der Waals surface area contributed by atoms with E-state index in [1.165, 1.54) is 9.47 Å². The third-order valence-corrected chi connectivity index (χ3v) is 7.47. The van der Waals surface area contributed by atoms with E-state index in [1.807, 2.05) is 6.92 Å². The lowest BCUT2D eigenvalue weighted by atomic mass is 10.0. The van der Waals surface area contributed by atoms with E-state index in [0.29, 0.717) is 52.2 Å². The van der Waals surface area contributed by atoms with Gasteiger partial charge in [0.1, 0.15) is 17.4 Å². The maximum absolute atomic E-state index is 14.4. The second-order valence-corrected chi connectivity index (χ2v) is 10.6. The average Bonchev–Trinajstić information content (AvgIpc) is 3.03. The van der Waals surface area contributed by atoms with Crippen LogP contribution in [0.3, 0.4) is 0 Å². The Kier molecular flexibility index (Phi) is 9.18. The number of halogens is 4. The molecule has 1 atom stereocenters. The van der Waals surface area contributed by atoms with Gasteiger partial charge in [-0.25, -0.2) is 9.37 Å². The van der Waals surface area contributed by atoms with Gasteiger partial charge < -0.3 is 9.64 Å². The number of carbonyl (C=O) groups excluding carboxylic acids is 1. The van der Waals surface area contributed by atoms with Gasteiger partial charge in [0, 0.05) is 6.54 Å². The molecular formula is C35H28F4N4O3. The molecule has 234 valence electrons. The average molecular weight is 629 g/mol. The van der Waals surface area contributed by atoms with Crippen LogP contribution >= 0.6 is 0 Å². The summed E-state index contributed by atoms with van der Waals surface area (Å²) in [5.41, 5.74) is 0.0553. The van der Waals surface area contributed by atoms with Crippen LogP contribution < -0.4 is 10.3 Å². The van der Waals surface area contributed by atoms with Gasteiger partial charge in [-0.15, -0.1) is 0 Å². The third kappa shape index (κ3) is 6.76. The highest BCUT2D eigenvalue weighted by atomic mass is 19.4. The van der Waals surface area contributed by atoms with Gasteiger partial charge in [0.05, 0.1) is 52.9 Å². The van der Waals surface area contributed by atoms with E-state index < -0.39 is 35.9 Å². The number of carbonyl (C=O) groups is 1. The highest BCUT2D eigenvalue weighted by Crippen LogP contribution is 2.32. The number of fused-ring (bicyclic) bond motifs is 1. The number of para-hydroxylation sites is 1. The lowest BCUT2D eigenvalue weighted by Crippen LogP contribution is -2.38. The minimum atomic E-state index is -4.88. The van der Waals surface area contributed by atoms with Crippen molar-refractivity contribution in [2.45, 2.75) is 39.0 Å². The summed E-state index contributed by atoms with van der Waals surface area (Å²) in [6, 6.07) is 23.8. The van der Waals surface area contributed by atoms with Crippen LogP contribution in [0.4, 0.5) is 17.6 Å². The first kappa shape index (κ1) is 31.9. The Hall–Kier alpha value is -5.50. The quantitative estimate of drug-likeness (QED) is 0.162. The van der Waals surface area contributed by atoms with Gasteiger partial charge in [-0.1, -0.05) is 30.3 Å². The zero-order chi connectivity index (χ0) is 33.0. The van der Waals surface area contributed by atoms with Crippen molar-refractivity contribution >= 4 is 16.8 Å². The van der Waals surface area contributed by atoms with E-state index >= 15 is 0 Å². The molecule has 0 saturated carbocycles. The topological polar surface area (TPSA) is 88.2 Å². The number of alkyl halides is 3. The molecule has 1 amide bonds. The van der Waals surface area contributed by atoms with Gasteiger partial charge in [-0.05, 0) is 85.6 Å². The molecule has 0 bridgehead atoms. The second kappa shape index (κ2) is 13.2. The number of aromatic nitrogens is 2. The van der Waals surface area contributed by atoms with E-state index in [1.54, 1.807) is 79.7 Å². The van der Waals surface area contributed by atoms with Crippen molar-refractivity contribution in [1.29, 1.82) is 5.26 Å². The molecule has 1 heterocycles. The molecule has 0 radical (unpaired) electrons. The first-order valence-corrected chi connectivity index (χ1v) is 14.4. The van der Waals surface area contributed by atoms with Crippen molar-refractivity contribution in [2.24, 2.45) is 0 Å². The van der Waals surface area contributed by atoms with Gasteiger partial charge in [0.25, 0.3) is 5.56 Å². The van der Waals surface area contributed by atoms with Gasteiger partial charge in [-0.3, -0.25) is 14.2 Å². The summed E-state index contributed by atoms with van der Waals surface area (Å²) in [4.78, 5) is 34.2. The Labute approximate surface area is 261 Å². The summed E-state index contributed by atoms with van der Waals surface area (Å²) in [6.07, 6.45) is -5.32. The van der Waals surface area contributed by atoms with Crippen LogP contribution in [-0.2, 0) is 23.9 Å². The molecule has 0 N–H and O–H groups in total. The summed E-state index contributed by atoms with van der Waals surface area (Å²) >= 11 is 0. The van der Waals surface area contributed by atoms with Crippen LogP contribution in [0.5, 0.6) is 5.75 Å². The molecule has 5 rings (SSSR count). The Bertz CT molecular complexity index is 2000. The van der Waals surface area contributed by atoms with Crippen molar-refractivity contribution in [3.63, 3.8) is 0 Å². The summed E-state index contributed by atoms with van der Waals surface area (Å²) in [6.45, 7) is 3.94. The molecule has 0 saturated heterocycles. The fourth-order valence-electron chi connectivity index (χ4n) is 5.23. The number of nitrogens with zero attached hydrogens (tertiary/aromatic N) is 4. The van der Waals surface area contributed by atoms with Crippen molar-refractivity contribution < 1.29 is 27.1 Å². The van der Waals surface area contributed by atoms with E-state index in [2.05, 4.69) is 6.07 Å². The maximum atomic E-state index is 14.4. The van der Waals surface area contributed by atoms with Crippen molar-refractivity contribution in [2.75, 3.05) is 6.61 Å². The molecule has 0 spiro atoms. The molecule has 5 aromatic rings. The van der Waals surface area contributed by atoms with Crippen molar-refractivity contribution in [1.82, 2.24) is 14.5 Å². The SMILES string of the molecule is CCOc1ccc(-n2c([C@@H](C)N(Cc3cccc(C#N)c3)C(=O)Cc3ccc(C(F)(F)F)c(F)c3)nc3ccccc3c2=O)cc1. The fourth-order valence-corrected chi connectivity index (χ4v) is 5.23. The number of nitriles is 1. The molecule has 1 aromatic heterocycles. The lowest BCUT2D eigenvalue weighted by Gasteiger charge is -2.31. The summed E-state index contributed by atoms with van der Waals surface area (Å²) in [5, 5.41) is 9.79. The first-order chi connectivity index (χ1) is 22.0. The van der Waals surface area contributed by atoms with E-state index in [4.69, 9.17) is 9.72 Å².